The summed E-state index contributed by atoms with van der Waals surface area (Å²) in [6, 6.07) is 18.1. The lowest BCUT2D eigenvalue weighted by Crippen LogP contribution is -2.29. The molecule has 0 fully saturated rings. The van der Waals surface area contributed by atoms with Gasteiger partial charge in [-0.15, -0.1) is 0 Å². The minimum absolute atomic E-state index is 0.0904. The van der Waals surface area contributed by atoms with Crippen molar-refractivity contribution in [1.82, 2.24) is 20.1 Å². The van der Waals surface area contributed by atoms with Gasteiger partial charge in [0.05, 0.1) is 25.0 Å². The number of ether oxygens (including phenoxy) is 1. The Balaban J connectivity index is 1.22. The summed E-state index contributed by atoms with van der Waals surface area (Å²) < 4.78 is 22.0. The number of benzene rings is 2. The summed E-state index contributed by atoms with van der Waals surface area (Å²) in [4.78, 5) is 16.6. The molecule has 4 aromatic rings. The van der Waals surface area contributed by atoms with E-state index in [4.69, 9.17) is 4.74 Å². The van der Waals surface area contributed by atoms with E-state index in [1.54, 1.807) is 30.5 Å². The van der Waals surface area contributed by atoms with Gasteiger partial charge in [0.2, 0.25) is 5.91 Å². The van der Waals surface area contributed by atoms with E-state index < -0.39 is 5.82 Å². The molecule has 1 unspecified atom stereocenters. The fourth-order valence-electron chi connectivity index (χ4n) is 4.29. The van der Waals surface area contributed by atoms with Crippen LogP contribution in [0.2, 0.25) is 0 Å². The molecule has 2 aromatic heterocycles. The maximum Gasteiger partial charge on any atom is 0.244 e. The van der Waals surface area contributed by atoms with Crippen LogP contribution in [-0.4, -0.2) is 20.7 Å². The van der Waals surface area contributed by atoms with Crippen molar-refractivity contribution in [2.75, 3.05) is 0 Å². The van der Waals surface area contributed by atoms with Gasteiger partial charge in [0.25, 0.3) is 0 Å². The van der Waals surface area contributed by atoms with Crippen molar-refractivity contribution < 1.29 is 13.9 Å². The van der Waals surface area contributed by atoms with E-state index in [9.17, 15) is 9.18 Å². The van der Waals surface area contributed by atoms with Crippen molar-refractivity contribution in [2.45, 2.75) is 31.8 Å². The molecule has 0 saturated carbocycles. The number of hydrogen-bond donors (Lipinski definition) is 1. The van der Waals surface area contributed by atoms with Gasteiger partial charge >= 0.3 is 0 Å². The number of nitrogens with one attached hydrogen (secondary N) is 1. The summed E-state index contributed by atoms with van der Waals surface area (Å²) in [6.07, 6.45) is 10.8. The van der Waals surface area contributed by atoms with Crippen molar-refractivity contribution in [3.05, 3.63) is 114 Å². The minimum atomic E-state index is -0.515. The molecule has 0 spiro atoms. The molecule has 35 heavy (non-hydrogen) atoms. The Labute approximate surface area is 203 Å². The molecule has 1 aliphatic rings. The number of halogens is 1. The molecule has 176 valence electrons. The second-order valence-electron chi connectivity index (χ2n) is 8.46. The van der Waals surface area contributed by atoms with Gasteiger partial charge in [0.15, 0.2) is 11.6 Å². The molecule has 5 rings (SSSR count). The van der Waals surface area contributed by atoms with E-state index in [1.165, 1.54) is 35.7 Å². The molecular formula is C28H25FN4O2. The molecule has 0 saturated heterocycles. The van der Waals surface area contributed by atoms with Gasteiger partial charge in [-0.25, -0.2) is 4.39 Å². The average molecular weight is 469 g/mol. The predicted molar refractivity (Wildman–Crippen MR) is 131 cm³/mol. The molecule has 0 radical (unpaired) electrons. The average Bonchev–Trinajstić information content (AvgIpc) is 3.29. The fourth-order valence-corrected chi connectivity index (χ4v) is 4.29. The van der Waals surface area contributed by atoms with Crippen LogP contribution in [0.15, 0.2) is 85.3 Å². The van der Waals surface area contributed by atoms with Crippen LogP contribution in [0.4, 0.5) is 4.39 Å². The zero-order valence-electron chi connectivity index (χ0n) is 19.1. The summed E-state index contributed by atoms with van der Waals surface area (Å²) in [6.45, 7) is 0.711. The van der Waals surface area contributed by atoms with Gasteiger partial charge in [0.1, 0.15) is 5.75 Å². The first-order valence-electron chi connectivity index (χ1n) is 11.6. The van der Waals surface area contributed by atoms with Crippen LogP contribution in [0.25, 0.3) is 6.08 Å². The Morgan fingerprint density at radius 2 is 2.03 bits per heavy atom. The topological polar surface area (TPSA) is 69.0 Å². The standard InChI is InChI=1S/C28H25FN4O2/c29-24-16-20(11-13-27(24)35-22-8-5-15-30-17-22)12-14-28(34)32-25-9-4-10-26-23(25)18-31-33(26)19-21-6-2-1-3-7-21/h1-3,5-8,11-18,25H,4,9-10,19H2,(H,32,34)/b14-12+. The van der Waals surface area contributed by atoms with E-state index in [1.807, 2.05) is 29.1 Å². The van der Waals surface area contributed by atoms with Crippen molar-refractivity contribution in [1.29, 1.82) is 0 Å². The lowest BCUT2D eigenvalue weighted by Gasteiger charge is -2.23. The molecule has 6 nitrogen and oxygen atoms in total. The highest BCUT2D eigenvalue weighted by atomic mass is 19.1. The highest BCUT2D eigenvalue weighted by Crippen LogP contribution is 2.30. The third-order valence-electron chi connectivity index (χ3n) is 6.00. The fraction of sp³-hybridized carbons (Fsp3) is 0.179. The van der Waals surface area contributed by atoms with Crippen molar-refractivity contribution in [2.24, 2.45) is 0 Å². The number of amides is 1. The molecule has 0 aliphatic heterocycles. The number of aromatic nitrogens is 3. The quantitative estimate of drug-likeness (QED) is 0.366. The molecular weight excluding hydrogens is 443 g/mol. The lowest BCUT2D eigenvalue weighted by molar-refractivity contribution is -0.117. The van der Waals surface area contributed by atoms with Gasteiger partial charge < -0.3 is 10.1 Å². The summed E-state index contributed by atoms with van der Waals surface area (Å²) in [7, 11) is 0. The smallest absolute Gasteiger partial charge is 0.244 e. The molecule has 2 heterocycles. The van der Waals surface area contributed by atoms with E-state index in [0.29, 0.717) is 17.9 Å². The first-order valence-corrected chi connectivity index (χ1v) is 11.6. The second-order valence-corrected chi connectivity index (χ2v) is 8.46. The highest BCUT2D eigenvalue weighted by molar-refractivity contribution is 5.92. The largest absolute Gasteiger partial charge is 0.453 e. The number of pyridine rings is 1. The van der Waals surface area contributed by atoms with E-state index >= 15 is 0 Å². The second kappa shape index (κ2) is 10.3. The van der Waals surface area contributed by atoms with Gasteiger partial charge in [-0.3, -0.25) is 14.5 Å². The van der Waals surface area contributed by atoms with E-state index in [2.05, 4.69) is 27.5 Å². The molecule has 1 amide bonds. The van der Waals surface area contributed by atoms with Crippen LogP contribution in [0.5, 0.6) is 11.5 Å². The zero-order chi connectivity index (χ0) is 24.0. The summed E-state index contributed by atoms with van der Waals surface area (Å²) in [5, 5.41) is 7.66. The van der Waals surface area contributed by atoms with Crippen molar-refractivity contribution >= 4 is 12.0 Å². The SMILES string of the molecule is O=C(/C=C/c1ccc(Oc2cccnc2)c(F)c1)NC1CCCc2c1cnn2Cc1ccccc1. The number of carbonyl (C=O) groups excluding carboxylic acids is 1. The van der Waals surface area contributed by atoms with Gasteiger partial charge in [-0.1, -0.05) is 36.4 Å². The van der Waals surface area contributed by atoms with E-state index in [0.717, 1.165) is 24.8 Å². The number of rotatable bonds is 7. The molecule has 7 heteroatoms. The van der Waals surface area contributed by atoms with Crippen LogP contribution in [0.3, 0.4) is 0 Å². The monoisotopic (exact) mass is 468 g/mol. The number of nitrogens with zero attached hydrogens (tertiary/aromatic N) is 3. The Morgan fingerprint density at radius 3 is 2.83 bits per heavy atom. The predicted octanol–water partition coefficient (Wildman–Crippen LogP) is 5.46. The third kappa shape index (κ3) is 5.46. The Kier molecular flexibility index (Phi) is 6.66. The number of hydrogen-bond acceptors (Lipinski definition) is 4. The Morgan fingerprint density at radius 1 is 1.14 bits per heavy atom. The highest BCUT2D eigenvalue weighted by Gasteiger charge is 2.25. The van der Waals surface area contributed by atoms with E-state index in [-0.39, 0.29) is 17.7 Å². The van der Waals surface area contributed by atoms with Crippen LogP contribution < -0.4 is 10.1 Å². The van der Waals surface area contributed by atoms with Crippen LogP contribution in [0, 0.1) is 5.82 Å². The third-order valence-corrected chi connectivity index (χ3v) is 6.00. The zero-order valence-corrected chi connectivity index (χ0v) is 19.1. The first kappa shape index (κ1) is 22.5. The normalized spacial score (nSPS) is 15.1. The van der Waals surface area contributed by atoms with Crippen LogP contribution in [-0.2, 0) is 17.8 Å². The Bertz CT molecular complexity index is 1340. The summed E-state index contributed by atoms with van der Waals surface area (Å²) in [5.74, 6) is -0.191. The maximum absolute atomic E-state index is 14.5. The lowest BCUT2D eigenvalue weighted by atomic mass is 9.93. The molecule has 2 aromatic carbocycles. The molecule has 1 N–H and O–H groups in total. The van der Waals surface area contributed by atoms with Gasteiger partial charge in [0, 0.05) is 23.5 Å². The molecule has 1 aliphatic carbocycles. The number of fused-ring (bicyclic) bond motifs is 1. The van der Waals surface area contributed by atoms with Gasteiger partial charge in [-0.05, 0) is 60.7 Å². The van der Waals surface area contributed by atoms with Crippen molar-refractivity contribution in [3.63, 3.8) is 0 Å². The van der Waals surface area contributed by atoms with Gasteiger partial charge in [-0.2, -0.15) is 5.10 Å². The maximum atomic E-state index is 14.5. The van der Waals surface area contributed by atoms with Crippen LogP contribution in [0.1, 0.15) is 41.3 Å². The molecule has 1 atom stereocenters. The summed E-state index contributed by atoms with van der Waals surface area (Å²) in [5.41, 5.74) is 3.99. The summed E-state index contributed by atoms with van der Waals surface area (Å²) >= 11 is 0. The first-order chi connectivity index (χ1) is 17.2. The number of carbonyl (C=O) groups is 1. The van der Waals surface area contributed by atoms with Crippen LogP contribution >= 0.6 is 0 Å². The minimum Gasteiger partial charge on any atom is -0.453 e. The molecule has 0 bridgehead atoms. The van der Waals surface area contributed by atoms with Crippen molar-refractivity contribution in [3.8, 4) is 11.5 Å². The Hall–Kier alpha value is -4.26.